The first kappa shape index (κ1) is 23.2. The van der Waals surface area contributed by atoms with Gasteiger partial charge in [0.25, 0.3) is 5.91 Å². The molecule has 0 saturated carbocycles. The van der Waals surface area contributed by atoms with Crippen molar-refractivity contribution in [3.63, 3.8) is 0 Å². The van der Waals surface area contributed by atoms with Gasteiger partial charge in [0.15, 0.2) is 0 Å². The molecule has 0 saturated heterocycles. The van der Waals surface area contributed by atoms with Gasteiger partial charge in [-0.1, -0.05) is 39.8 Å². The summed E-state index contributed by atoms with van der Waals surface area (Å²) in [5.41, 5.74) is 1.30. The van der Waals surface area contributed by atoms with Gasteiger partial charge in [-0.05, 0) is 41.7 Å². The lowest BCUT2D eigenvalue weighted by Crippen LogP contribution is -2.49. The number of benzene rings is 1. The lowest BCUT2D eigenvalue weighted by Gasteiger charge is -2.22. The van der Waals surface area contributed by atoms with Crippen molar-refractivity contribution in [2.75, 3.05) is 0 Å². The summed E-state index contributed by atoms with van der Waals surface area (Å²) in [5.74, 6) is 0.262. The summed E-state index contributed by atoms with van der Waals surface area (Å²) >= 11 is 0. The lowest BCUT2D eigenvalue weighted by atomic mass is 10.0. The normalized spacial score (nSPS) is 11.9. The van der Waals surface area contributed by atoms with Crippen LogP contribution in [0.15, 0.2) is 47.1 Å². The molecule has 7 heteroatoms. The average Bonchev–Trinajstić information content (AvgIpc) is 3.21. The lowest BCUT2D eigenvalue weighted by molar-refractivity contribution is -0.130. The summed E-state index contributed by atoms with van der Waals surface area (Å²) in [6, 6.07) is 10.0. The minimum absolute atomic E-state index is 0.0418. The summed E-state index contributed by atoms with van der Waals surface area (Å²) in [6.07, 6.45) is 1.94. The Labute approximate surface area is 177 Å². The third kappa shape index (κ3) is 7.39. The first-order valence-corrected chi connectivity index (χ1v) is 10.2. The quantitative estimate of drug-likeness (QED) is 0.557. The van der Waals surface area contributed by atoms with Gasteiger partial charge < -0.3 is 20.4 Å². The molecule has 30 heavy (non-hydrogen) atoms. The summed E-state index contributed by atoms with van der Waals surface area (Å²) in [5, 5.41) is 8.47. The van der Waals surface area contributed by atoms with Crippen LogP contribution in [0.4, 0.5) is 0 Å². The first-order chi connectivity index (χ1) is 14.3. The molecule has 1 unspecified atom stereocenters. The highest BCUT2D eigenvalue weighted by molar-refractivity contribution is 5.94. The summed E-state index contributed by atoms with van der Waals surface area (Å²) < 4.78 is 5.21. The summed E-state index contributed by atoms with van der Waals surface area (Å²) in [6.45, 7) is 8.28. The third-order valence-corrected chi connectivity index (χ3v) is 4.52. The molecule has 3 N–H and O–H groups in total. The Morgan fingerprint density at radius 1 is 0.967 bits per heavy atom. The maximum Gasteiger partial charge on any atom is 0.251 e. The van der Waals surface area contributed by atoms with Crippen LogP contribution in [0.5, 0.6) is 0 Å². The molecular formula is C23H31N3O4. The molecule has 0 fully saturated rings. The number of amides is 3. The molecule has 1 aromatic heterocycles. The van der Waals surface area contributed by atoms with E-state index in [9.17, 15) is 14.4 Å². The van der Waals surface area contributed by atoms with Gasteiger partial charge in [-0.2, -0.15) is 0 Å². The van der Waals surface area contributed by atoms with Gasteiger partial charge in [-0.15, -0.1) is 0 Å². The van der Waals surface area contributed by atoms with E-state index in [0.717, 1.165) is 5.56 Å². The van der Waals surface area contributed by atoms with Crippen LogP contribution in [0.2, 0.25) is 0 Å². The van der Waals surface area contributed by atoms with Crippen molar-refractivity contribution < 1.29 is 18.8 Å². The van der Waals surface area contributed by atoms with Gasteiger partial charge in [-0.25, -0.2) is 0 Å². The standard InChI is InChI=1S/C23H31N3O4/c1-15(2)11-20(27)26-21(16(3)4)23(29)24-13-17-7-5-8-18(12-17)22(28)25-14-19-9-6-10-30-19/h5-10,12,15-16,21H,11,13-14H2,1-4H3,(H,24,29)(H,25,28)(H,26,27). The Kier molecular flexibility index (Phi) is 8.65. The van der Waals surface area contributed by atoms with E-state index in [2.05, 4.69) is 16.0 Å². The van der Waals surface area contributed by atoms with Crippen molar-refractivity contribution in [2.45, 2.75) is 53.2 Å². The van der Waals surface area contributed by atoms with E-state index in [1.807, 2.05) is 33.8 Å². The van der Waals surface area contributed by atoms with Gasteiger partial charge in [0.05, 0.1) is 12.8 Å². The highest BCUT2D eigenvalue weighted by Gasteiger charge is 2.24. The van der Waals surface area contributed by atoms with E-state index in [1.54, 1.807) is 36.6 Å². The van der Waals surface area contributed by atoms with Crippen molar-refractivity contribution >= 4 is 17.7 Å². The SMILES string of the molecule is CC(C)CC(=O)NC(C(=O)NCc1cccc(C(=O)NCc2ccco2)c1)C(C)C. The van der Waals surface area contributed by atoms with E-state index in [-0.39, 0.29) is 36.1 Å². The van der Waals surface area contributed by atoms with Gasteiger partial charge in [-0.3, -0.25) is 14.4 Å². The van der Waals surface area contributed by atoms with Crippen LogP contribution in [0.25, 0.3) is 0 Å². The molecule has 3 amide bonds. The second kappa shape index (κ2) is 11.2. The number of carbonyl (C=O) groups excluding carboxylic acids is 3. The second-order valence-electron chi connectivity index (χ2n) is 8.07. The third-order valence-electron chi connectivity index (χ3n) is 4.52. The van der Waals surface area contributed by atoms with Gasteiger partial charge >= 0.3 is 0 Å². The van der Waals surface area contributed by atoms with Gasteiger partial charge in [0, 0.05) is 18.5 Å². The molecule has 2 rings (SSSR count). The van der Waals surface area contributed by atoms with Crippen molar-refractivity contribution in [3.05, 3.63) is 59.5 Å². The minimum Gasteiger partial charge on any atom is -0.467 e. The molecule has 1 heterocycles. The molecule has 1 atom stereocenters. The zero-order valence-electron chi connectivity index (χ0n) is 18.0. The molecule has 2 aromatic rings. The zero-order chi connectivity index (χ0) is 22.1. The van der Waals surface area contributed by atoms with E-state index in [4.69, 9.17) is 4.42 Å². The van der Waals surface area contributed by atoms with Gasteiger partial charge in [0.1, 0.15) is 11.8 Å². The first-order valence-electron chi connectivity index (χ1n) is 10.2. The van der Waals surface area contributed by atoms with Crippen molar-refractivity contribution in [1.29, 1.82) is 0 Å². The number of hydrogen-bond donors (Lipinski definition) is 3. The molecule has 1 aromatic carbocycles. The van der Waals surface area contributed by atoms with Crippen molar-refractivity contribution in [1.82, 2.24) is 16.0 Å². The van der Waals surface area contributed by atoms with Crippen LogP contribution in [-0.4, -0.2) is 23.8 Å². The smallest absolute Gasteiger partial charge is 0.251 e. The topological polar surface area (TPSA) is 100 Å². The Hall–Kier alpha value is -3.09. The maximum atomic E-state index is 12.6. The monoisotopic (exact) mass is 413 g/mol. The van der Waals surface area contributed by atoms with E-state index < -0.39 is 6.04 Å². The number of furan rings is 1. The van der Waals surface area contributed by atoms with Crippen molar-refractivity contribution in [2.24, 2.45) is 11.8 Å². The fraction of sp³-hybridized carbons (Fsp3) is 0.435. The largest absolute Gasteiger partial charge is 0.467 e. The summed E-state index contributed by atoms with van der Waals surface area (Å²) in [4.78, 5) is 37.0. The van der Waals surface area contributed by atoms with E-state index in [1.165, 1.54) is 0 Å². The van der Waals surface area contributed by atoms with Gasteiger partial charge in [0.2, 0.25) is 11.8 Å². The number of hydrogen-bond acceptors (Lipinski definition) is 4. The number of carbonyl (C=O) groups is 3. The van der Waals surface area contributed by atoms with Crippen LogP contribution >= 0.6 is 0 Å². The highest BCUT2D eigenvalue weighted by Crippen LogP contribution is 2.09. The summed E-state index contributed by atoms with van der Waals surface area (Å²) in [7, 11) is 0. The Morgan fingerprint density at radius 3 is 2.37 bits per heavy atom. The van der Waals surface area contributed by atoms with Crippen LogP contribution in [0.1, 0.15) is 55.8 Å². The molecule has 0 bridgehead atoms. The fourth-order valence-corrected chi connectivity index (χ4v) is 2.94. The molecule has 0 aliphatic heterocycles. The molecule has 0 radical (unpaired) electrons. The van der Waals surface area contributed by atoms with E-state index in [0.29, 0.717) is 24.3 Å². The molecule has 0 spiro atoms. The maximum absolute atomic E-state index is 12.6. The molecule has 7 nitrogen and oxygen atoms in total. The average molecular weight is 414 g/mol. The number of nitrogens with one attached hydrogen (secondary N) is 3. The van der Waals surface area contributed by atoms with E-state index >= 15 is 0 Å². The van der Waals surface area contributed by atoms with Crippen molar-refractivity contribution in [3.8, 4) is 0 Å². The van der Waals surface area contributed by atoms with Crippen LogP contribution in [0, 0.1) is 11.8 Å². The minimum atomic E-state index is -0.601. The second-order valence-corrected chi connectivity index (χ2v) is 8.07. The molecule has 0 aliphatic rings. The Bertz CT molecular complexity index is 844. The predicted molar refractivity (Wildman–Crippen MR) is 114 cm³/mol. The van der Waals surface area contributed by atoms with Crippen LogP contribution < -0.4 is 16.0 Å². The number of rotatable bonds is 10. The molecule has 162 valence electrons. The van der Waals surface area contributed by atoms with Crippen LogP contribution in [-0.2, 0) is 22.7 Å². The highest BCUT2D eigenvalue weighted by atomic mass is 16.3. The Morgan fingerprint density at radius 2 is 1.73 bits per heavy atom. The molecule has 0 aliphatic carbocycles. The fourth-order valence-electron chi connectivity index (χ4n) is 2.94. The Balaban J connectivity index is 1.92. The predicted octanol–water partition coefficient (Wildman–Crippen LogP) is 3.01. The molecular weight excluding hydrogens is 382 g/mol. The van der Waals surface area contributed by atoms with Crippen LogP contribution in [0.3, 0.4) is 0 Å². The zero-order valence-corrected chi connectivity index (χ0v) is 18.0.